The molecule has 1 aromatic rings. The molecule has 1 saturated heterocycles. The van der Waals surface area contributed by atoms with Gasteiger partial charge in [0.15, 0.2) is 5.84 Å². The first-order valence-corrected chi connectivity index (χ1v) is 6.48. The van der Waals surface area contributed by atoms with Crippen LogP contribution in [0, 0.1) is 0 Å². The van der Waals surface area contributed by atoms with E-state index in [-0.39, 0.29) is 11.9 Å². The SMILES string of the molecule is CCC1COC(C)CN1c1cc(/C(N)=N/O)ccn1. The average Bonchev–Trinajstić information content (AvgIpc) is 2.46. The zero-order valence-corrected chi connectivity index (χ0v) is 11.3. The number of hydrogen-bond donors (Lipinski definition) is 2. The Hall–Kier alpha value is -1.82. The maximum atomic E-state index is 8.74. The zero-order chi connectivity index (χ0) is 13.8. The summed E-state index contributed by atoms with van der Waals surface area (Å²) >= 11 is 0. The number of hydrogen-bond acceptors (Lipinski definition) is 5. The zero-order valence-electron chi connectivity index (χ0n) is 11.3. The van der Waals surface area contributed by atoms with Crippen LogP contribution in [0.15, 0.2) is 23.5 Å². The molecule has 0 bridgehead atoms. The molecule has 1 aromatic heterocycles. The normalized spacial score (nSPS) is 24.5. The van der Waals surface area contributed by atoms with Crippen molar-refractivity contribution in [2.45, 2.75) is 32.4 Å². The van der Waals surface area contributed by atoms with E-state index in [0.29, 0.717) is 18.2 Å². The topological polar surface area (TPSA) is 84.0 Å². The van der Waals surface area contributed by atoms with Gasteiger partial charge in [0.25, 0.3) is 0 Å². The fourth-order valence-corrected chi connectivity index (χ4v) is 2.26. The van der Waals surface area contributed by atoms with Gasteiger partial charge in [0.1, 0.15) is 5.82 Å². The molecule has 0 aliphatic carbocycles. The molecule has 19 heavy (non-hydrogen) atoms. The molecular formula is C13H20N4O2. The number of ether oxygens (including phenoxy) is 1. The van der Waals surface area contributed by atoms with Crippen LogP contribution in [0.25, 0.3) is 0 Å². The second-order valence-corrected chi connectivity index (χ2v) is 4.75. The lowest BCUT2D eigenvalue weighted by Crippen LogP contribution is -2.49. The third-order valence-corrected chi connectivity index (χ3v) is 3.38. The smallest absolute Gasteiger partial charge is 0.170 e. The Bertz CT molecular complexity index is 464. The lowest BCUT2D eigenvalue weighted by molar-refractivity contribution is 0.0296. The van der Waals surface area contributed by atoms with Gasteiger partial charge in [-0.05, 0) is 25.5 Å². The van der Waals surface area contributed by atoms with Gasteiger partial charge in [0.2, 0.25) is 0 Å². The highest BCUT2D eigenvalue weighted by molar-refractivity contribution is 5.97. The van der Waals surface area contributed by atoms with Crippen molar-refractivity contribution in [1.82, 2.24) is 4.98 Å². The van der Waals surface area contributed by atoms with Crippen molar-refractivity contribution in [1.29, 1.82) is 0 Å². The molecule has 2 rings (SSSR count). The van der Waals surface area contributed by atoms with Gasteiger partial charge >= 0.3 is 0 Å². The van der Waals surface area contributed by atoms with Crippen LogP contribution in [0.3, 0.4) is 0 Å². The number of nitrogens with two attached hydrogens (primary N) is 1. The molecule has 0 radical (unpaired) electrons. The van der Waals surface area contributed by atoms with Crippen molar-refractivity contribution < 1.29 is 9.94 Å². The van der Waals surface area contributed by atoms with Crippen LogP contribution in [0.1, 0.15) is 25.8 Å². The lowest BCUT2D eigenvalue weighted by Gasteiger charge is -2.39. The van der Waals surface area contributed by atoms with Crippen LogP contribution in [0.4, 0.5) is 5.82 Å². The van der Waals surface area contributed by atoms with Crippen molar-refractivity contribution in [2.75, 3.05) is 18.1 Å². The van der Waals surface area contributed by atoms with Gasteiger partial charge in [-0.25, -0.2) is 4.98 Å². The third kappa shape index (κ3) is 2.96. The molecule has 0 saturated carbocycles. The summed E-state index contributed by atoms with van der Waals surface area (Å²) in [6.07, 6.45) is 2.84. The summed E-state index contributed by atoms with van der Waals surface area (Å²) < 4.78 is 5.67. The lowest BCUT2D eigenvalue weighted by atomic mass is 10.1. The summed E-state index contributed by atoms with van der Waals surface area (Å²) in [6, 6.07) is 3.88. The van der Waals surface area contributed by atoms with Gasteiger partial charge in [0.05, 0.1) is 18.8 Å². The van der Waals surface area contributed by atoms with E-state index in [1.54, 1.807) is 12.3 Å². The predicted molar refractivity (Wildman–Crippen MR) is 73.6 cm³/mol. The number of aromatic nitrogens is 1. The van der Waals surface area contributed by atoms with Crippen molar-refractivity contribution in [2.24, 2.45) is 10.9 Å². The summed E-state index contributed by atoms with van der Waals surface area (Å²) in [5, 5.41) is 11.8. The van der Waals surface area contributed by atoms with Crippen LogP contribution >= 0.6 is 0 Å². The van der Waals surface area contributed by atoms with Crippen molar-refractivity contribution in [3.05, 3.63) is 23.9 Å². The number of anilines is 1. The van der Waals surface area contributed by atoms with Gasteiger partial charge in [-0.2, -0.15) is 0 Å². The van der Waals surface area contributed by atoms with Crippen LogP contribution in [-0.2, 0) is 4.74 Å². The van der Waals surface area contributed by atoms with E-state index in [2.05, 4.69) is 22.0 Å². The fraction of sp³-hybridized carbons (Fsp3) is 0.538. The van der Waals surface area contributed by atoms with Crippen LogP contribution in [-0.4, -0.2) is 41.3 Å². The van der Waals surface area contributed by atoms with Gasteiger partial charge < -0.3 is 20.6 Å². The van der Waals surface area contributed by atoms with Crippen LogP contribution < -0.4 is 10.6 Å². The van der Waals surface area contributed by atoms with E-state index < -0.39 is 0 Å². The molecule has 2 atom stereocenters. The highest BCUT2D eigenvalue weighted by Crippen LogP contribution is 2.22. The molecule has 3 N–H and O–H groups in total. The maximum absolute atomic E-state index is 8.74. The molecule has 0 spiro atoms. The van der Waals surface area contributed by atoms with Gasteiger partial charge in [-0.1, -0.05) is 12.1 Å². The highest BCUT2D eigenvalue weighted by Gasteiger charge is 2.26. The third-order valence-electron chi connectivity index (χ3n) is 3.38. The van der Waals surface area contributed by atoms with E-state index in [9.17, 15) is 0 Å². The summed E-state index contributed by atoms with van der Waals surface area (Å²) in [5.74, 6) is 0.934. The Kier molecular flexibility index (Phi) is 4.21. The summed E-state index contributed by atoms with van der Waals surface area (Å²) in [7, 11) is 0. The first-order valence-electron chi connectivity index (χ1n) is 6.48. The number of amidine groups is 1. The van der Waals surface area contributed by atoms with E-state index in [1.165, 1.54) is 0 Å². The molecular weight excluding hydrogens is 244 g/mol. The first-order chi connectivity index (χ1) is 9.15. The minimum atomic E-state index is 0.0954. The molecule has 0 aromatic carbocycles. The molecule has 2 heterocycles. The maximum Gasteiger partial charge on any atom is 0.170 e. The summed E-state index contributed by atoms with van der Waals surface area (Å²) in [4.78, 5) is 6.62. The monoisotopic (exact) mass is 264 g/mol. The second kappa shape index (κ2) is 5.88. The minimum Gasteiger partial charge on any atom is -0.409 e. The van der Waals surface area contributed by atoms with Crippen molar-refractivity contribution >= 4 is 11.7 Å². The van der Waals surface area contributed by atoms with E-state index in [1.807, 2.05) is 13.0 Å². The number of rotatable bonds is 3. The molecule has 1 aliphatic rings. The number of morpholine rings is 1. The van der Waals surface area contributed by atoms with Crippen molar-refractivity contribution in [3.8, 4) is 0 Å². The Morgan fingerprint density at radius 3 is 3.16 bits per heavy atom. The molecule has 0 amide bonds. The number of nitrogens with zero attached hydrogens (tertiary/aromatic N) is 3. The van der Waals surface area contributed by atoms with E-state index in [0.717, 1.165) is 18.8 Å². The minimum absolute atomic E-state index is 0.0954. The standard InChI is InChI=1S/C13H20N4O2/c1-3-11-8-19-9(2)7-17(11)12-6-10(4-5-15-12)13(14)16-18/h4-6,9,11,18H,3,7-8H2,1-2H3,(H2,14,16). The average molecular weight is 264 g/mol. The Labute approximate surface area is 112 Å². The Balaban J connectivity index is 2.28. The number of pyridine rings is 1. The van der Waals surface area contributed by atoms with Crippen molar-refractivity contribution in [3.63, 3.8) is 0 Å². The fourth-order valence-electron chi connectivity index (χ4n) is 2.26. The quantitative estimate of drug-likeness (QED) is 0.371. The molecule has 2 unspecified atom stereocenters. The van der Waals surface area contributed by atoms with Gasteiger partial charge in [0, 0.05) is 18.3 Å². The summed E-state index contributed by atoms with van der Waals surface area (Å²) in [6.45, 7) is 5.68. The van der Waals surface area contributed by atoms with Crippen LogP contribution in [0.2, 0.25) is 0 Å². The summed E-state index contributed by atoms with van der Waals surface area (Å²) in [5.41, 5.74) is 6.28. The Morgan fingerprint density at radius 2 is 2.47 bits per heavy atom. The molecule has 104 valence electrons. The van der Waals surface area contributed by atoms with Gasteiger partial charge in [-0.15, -0.1) is 0 Å². The first kappa shape index (κ1) is 13.6. The predicted octanol–water partition coefficient (Wildman–Crippen LogP) is 1.18. The number of oxime groups is 1. The highest BCUT2D eigenvalue weighted by atomic mass is 16.5. The molecule has 1 aliphatic heterocycles. The molecule has 6 heteroatoms. The van der Waals surface area contributed by atoms with E-state index >= 15 is 0 Å². The Morgan fingerprint density at radius 1 is 1.68 bits per heavy atom. The van der Waals surface area contributed by atoms with Gasteiger partial charge in [-0.3, -0.25) is 0 Å². The second-order valence-electron chi connectivity index (χ2n) is 4.75. The molecule has 1 fully saturated rings. The molecule has 6 nitrogen and oxygen atoms in total. The van der Waals surface area contributed by atoms with Crippen LogP contribution in [0.5, 0.6) is 0 Å². The largest absolute Gasteiger partial charge is 0.409 e. The van der Waals surface area contributed by atoms with E-state index in [4.69, 9.17) is 15.7 Å².